The minimum absolute atomic E-state index is 0.0170. The predicted octanol–water partition coefficient (Wildman–Crippen LogP) is 3.13. The number of hydrogen-bond donors (Lipinski definition) is 3. The van der Waals surface area contributed by atoms with Gasteiger partial charge in [0.1, 0.15) is 0 Å². The van der Waals surface area contributed by atoms with E-state index in [2.05, 4.69) is 10.6 Å². The molecule has 1 aromatic carbocycles. The number of halogens is 2. The van der Waals surface area contributed by atoms with Crippen LogP contribution in [0.15, 0.2) is 18.2 Å². The van der Waals surface area contributed by atoms with Crippen LogP contribution < -0.4 is 10.6 Å². The molecule has 0 heterocycles. The number of anilines is 1. The lowest BCUT2D eigenvalue weighted by molar-refractivity contribution is 0.204. The molecule has 2 amide bonds. The number of carbonyl (C=O) groups is 1. The quantitative estimate of drug-likeness (QED) is 0.798. The second-order valence-corrected chi connectivity index (χ2v) is 5.01. The molecule has 1 rings (SSSR count). The van der Waals surface area contributed by atoms with E-state index in [1.165, 1.54) is 0 Å². The highest BCUT2D eigenvalue weighted by atomic mass is 35.5. The first-order valence-electron chi connectivity index (χ1n) is 5.57. The van der Waals surface area contributed by atoms with Crippen LogP contribution in [0.5, 0.6) is 0 Å². The zero-order valence-electron chi connectivity index (χ0n) is 10.2. The number of nitrogens with one attached hydrogen (secondary N) is 2. The van der Waals surface area contributed by atoms with E-state index >= 15 is 0 Å². The van der Waals surface area contributed by atoms with E-state index in [1.54, 1.807) is 18.2 Å². The van der Waals surface area contributed by atoms with E-state index in [1.807, 2.05) is 13.8 Å². The molecule has 100 valence electrons. The SMILES string of the molecule is CC(CO)C(C)NC(=O)Nc1ccc(Cl)cc1Cl. The molecular formula is C12H16Cl2N2O2. The van der Waals surface area contributed by atoms with Crippen LogP contribution >= 0.6 is 23.2 Å². The fourth-order valence-electron chi connectivity index (χ4n) is 1.26. The Morgan fingerprint density at radius 1 is 1.39 bits per heavy atom. The number of aliphatic hydroxyl groups excluding tert-OH is 1. The van der Waals surface area contributed by atoms with Crippen LogP contribution in [0.2, 0.25) is 10.0 Å². The summed E-state index contributed by atoms with van der Waals surface area (Å²) >= 11 is 11.7. The largest absolute Gasteiger partial charge is 0.396 e. The molecule has 4 nitrogen and oxygen atoms in total. The zero-order chi connectivity index (χ0) is 13.7. The lowest BCUT2D eigenvalue weighted by Crippen LogP contribution is -2.40. The van der Waals surface area contributed by atoms with E-state index in [9.17, 15) is 4.79 Å². The average molecular weight is 291 g/mol. The Kier molecular flexibility index (Phi) is 5.72. The van der Waals surface area contributed by atoms with Crippen molar-refractivity contribution in [1.82, 2.24) is 5.32 Å². The van der Waals surface area contributed by atoms with Gasteiger partial charge in [0, 0.05) is 17.7 Å². The maximum absolute atomic E-state index is 11.7. The van der Waals surface area contributed by atoms with Crippen molar-refractivity contribution in [1.29, 1.82) is 0 Å². The van der Waals surface area contributed by atoms with E-state index in [4.69, 9.17) is 28.3 Å². The van der Waals surface area contributed by atoms with E-state index < -0.39 is 0 Å². The molecule has 0 saturated carbocycles. The van der Waals surface area contributed by atoms with Crippen molar-refractivity contribution in [2.75, 3.05) is 11.9 Å². The average Bonchev–Trinajstić information content (AvgIpc) is 2.31. The van der Waals surface area contributed by atoms with Crippen LogP contribution in [0.4, 0.5) is 10.5 Å². The Labute approximate surface area is 116 Å². The molecule has 2 unspecified atom stereocenters. The summed E-state index contributed by atoms with van der Waals surface area (Å²) in [5, 5.41) is 15.2. The van der Waals surface area contributed by atoms with Gasteiger partial charge in [0.05, 0.1) is 10.7 Å². The second-order valence-electron chi connectivity index (χ2n) is 4.17. The molecule has 6 heteroatoms. The van der Waals surface area contributed by atoms with Gasteiger partial charge in [0.2, 0.25) is 0 Å². The third kappa shape index (κ3) is 4.37. The smallest absolute Gasteiger partial charge is 0.319 e. The molecule has 1 aromatic rings. The van der Waals surface area contributed by atoms with Crippen LogP contribution in [0, 0.1) is 5.92 Å². The molecule has 0 aliphatic heterocycles. The predicted molar refractivity (Wildman–Crippen MR) is 74.3 cm³/mol. The summed E-state index contributed by atoms with van der Waals surface area (Å²) in [5.41, 5.74) is 0.488. The lowest BCUT2D eigenvalue weighted by Gasteiger charge is -2.19. The van der Waals surface area contributed by atoms with Crippen LogP contribution in [0.1, 0.15) is 13.8 Å². The highest BCUT2D eigenvalue weighted by Crippen LogP contribution is 2.25. The minimum atomic E-state index is -0.368. The van der Waals surface area contributed by atoms with Gasteiger partial charge in [-0.3, -0.25) is 0 Å². The standard InChI is InChI=1S/C12H16Cl2N2O2/c1-7(6-17)8(2)15-12(18)16-11-4-3-9(13)5-10(11)14/h3-5,7-8,17H,6H2,1-2H3,(H2,15,16,18). The zero-order valence-corrected chi connectivity index (χ0v) is 11.7. The summed E-state index contributed by atoms with van der Waals surface area (Å²) in [4.78, 5) is 11.7. The molecule has 2 atom stereocenters. The van der Waals surface area contributed by atoms with Crippen molar-refractivity contribution in [3.8, 4) is 0 Å². The maximum Gasteiger partial charge on any atom is 0.319 e. The van der Waals surface area contributed by atoms with Gasteiger partial charge in [-0.1, -0.05) is 30.1 Å². The fourth-order valence-corrected chi connectivity index (χ4v) is 1.71. The molecule has 0 saturated heterocycles. The molecule has 3 N–H and O–H groups in total. The van der Waals surface area contributed by atoms with Gasteiger partial charge in [-0.25, -0.2) is 4.79 Å². The Morgan fingerprint density at radius 2 is 2.06 bits per heavy atom. The fraction of sp³-hybridized carbons (Fsp3) is 0.417. The molecule has 0 radical (unpaired) electrons. The number of rotatable bonds is 4. The molecule has 0 bridgehead atoms. The topological polar surface area (TPSA) is 61.4 Å². The highest BCUT2D eigenvalue weighted by Gasteiger charge is 2.14. The van der Waals surface area contributed by atoms with E-state index in [0.29, 0.717) is 15.7 Å². The Bertz CT molecular complexity index is 427. The van der Waals surface area contributed by atoms with Crippen LogP contribution in [0.25, 0.3) is 0 Å². The van der Waals surface area contributed by atoms with Crippen molar-refractivity contribution < 1.29 is 9.90 Å². The van der Waals surface area contributed by atoms with E-state index in [0.717, 1.165) is 0 Å². The summed E-state index contributed by atoms with van der Waals surface area (Å²) in [6.07, 6.45) is 0. The number of urea groups is 1. The number of amides is 2. The first kappa shape index (κ1) is 15.1. The maximum atomic E-state index is 11.7. The summed E-state index contributed by atoms with van der Waals surface area (Å²) in [6, 6.07) is 4.32. The number of hydrogen-bond acceptors (Lipinski definition) is 2. The normalized spacial score (nSPS) is 13.8. The van der Waals surface area contributed by atoms with Crippen molar-refractivity contribution >= 4 is 34.9 Å². The van der Waals surface area contributed by atoms with Crippen LogP contribution in [-0.4, -0.2) is 23.8 Å². The van der Waals surface area contributed by atoms with Gasteiger partial charge in [0.15, 0.2) is 0 Å². The van der Waals surface area contributed by atoms with Gasteiger partial charge in [0.25, 0.3) is 0 Å². The first-order chi connectivity index (χ1) is 8.43. The summed E-state index contributed by atoms with van der Waals surface area (Å²) in [6.45, 7) is 3.69. The molecule has 0 spiro atoms. The highest BCUT2D eigenvalue weighted by molar-refractivity contribution is 6.36. The van der Waals surface area contributed by atoms with Gasteiger partial charge in [-0.15, -0.1) is 0 Å². The van der Waals surface area contributed by atoms with Crippen LogP contribution in [0.3, 0.4) is 0 Å². The van der Waals surface area contributed by atoms with Crippen molar-refractivity contribution in [3.63, 3.8) is 0 Å². The molecular weight excluding hydrogens is 275 g/mol. The second kappa shape index (κ2) is 6.83. The van der Waals surface area contributed by atoms with Gasteiger partial charge in [-0.2, -0.15) is 0 Å². The van der Waals surface area contributed by atoms with Crippen LogP contribution in [-0.2, 0) is 0 Å². The Morgan fingerprint density at radius 3 is 2.61 bits per heavy atom. The summed E-state index contributed by atoms with van der Waals surface area (Å²) in [5.74, 6) is -0.0172. The van der Waals surface area contributed by atoms with Crippen molar-refractivity contribution in [2.24, 2.45) is 5.92 Å². The van der Waals surface area contributed by atoms with Crippen molar-refractivity contribution in [3.05, 3.63) is 28.2 Å². The molecule has 0 fully saturated rings. The lowest BCUT2D eigenvalue weighted by atomic mass is 10.1. The Hall–Kier alpha value is -0.970. The molecule has 0 aromatic heterocycles. The number of benzene rings is 1. The molecule has 0 aliphatic carbocycles. The van der Waals surface area contributed by atoms with E-state index in [-0.39, 0.29) is 24.6 Å². The van der Waals surface area contributed by atoms with Crippen molar-refractivity contribution in [2.45, 2.75) is 19.9 Å². The Balaban J connectivity index is 2.59. The monoisotopic (exact) mass is 290 g/mol. The first-order valence-corrected chi connectivity index (χ1v) is 6.33. The van der Waals surface area contributed by atoms with Gasteiger partial charge < -0.3 is 15.7 Å². The minimum Gasteiger partial charge on any atom is -0.396 e. The van der Waals surface area contributed by atoms with Gasteiger partial charge >= 0.3 is 6.03 Å². The third-order valence-corrected chi connectivity index (χ3v) is 3.23. The summed E-state index contributed by atoms with van der Waals surface area (Å²) in [7, 11) is 0. The molecule has 18 heavy (non-hydrogen) atoms. The number of aliphatic hydroxyl groups is 1. The third-order valence-electron chi connectivity index (χ3n) is 2.68. The summed E-state index contributed by atoms with van der Waals surface area (Å²) < 4.78 is 0. The molecule has 0 aliphatic rings. The number of carbonyl (C=O) groups excluding carboxylic acids is 1. The van der Waals surface area contributed by atoms with Gasteiger partial charge in [-0.05, 0) is 31.0 Å².